The number of carbonyl (C=O) groups excluding carboxylic acids is 4. The van der Waals surface area contributed by atoms with E-state index in [2.05, 4.69) is 104 Å². The van der Waals surface area contributed by atoms with Crippen molar-refractivity contribution in [2.75, 3.05) is 60.8 Å². The van der Waals surface area contributed by atoms with Crippen molar-refractivity contribution < 1.29 is 88.3 Å². The van der Waals surface area contributed by atoms with Gasteiger partial charge in [-0.15, -0.1) is 6.61 Å². The molecule has 8 N–H and O–H groups in total. The van der Waals surface area contributed by atoms with Crippen molar-refractivity contribution >= 4 is 146 Å². The van der Waals surface area contributed by atoms with Crippen LogP contribution in [0.1, 0.15) is 70.6 Å². The Balaban J connectivity index is 0.000000193. The number of esters is 3. The molecule has 15 aromatic rings. The SMILES string of the molecule is C=CC(=O)OCC.CCOC(=O)/C=C/c1cnc(-n2ccc3ccncc32)cc1N.CCOC(=O)CCc1cnc(-n2ccc3ccncc32)cc1N.CC[O-].Nc1cc(-n2ccc3ccncc32)ncc1Br.O=C1CCc2cnc(-n3ccc4ccncc43)cc2N1.[AlH3].[H-].[Li+].[Na+].c1cc2ccn(-c3cc4c(cn3)CCCN4)c2cn1. The molecular formula is C83H86AlBrLiN20NaO8. The number of amides is 1. The van der Waals surface area contributed by atoms with Crippen LogP contribution in [0, 0.1) is 0 Å². The molecule has 578 valence electrons. The van der Waals surface area contributed by atoms with E-state index in [4.69, 9.17) is 31.8 Å². The van der Waals surface area contributed by atoms with Crippen LogP contribution in [0.2, 0.25) is 0 Å². The number of ether oxygens (including phenoxy) is 3. The first-order valence-electron chi connectivity index (χ1n) is 36.0. The van der Waals surface area contributed by atoms with Crippen molar-refractivity contribution in [1.82, 2.24) is 72.7 Å². The smallest absolute Gasteiger partial charge is 1.00 e. The van der Waals surface area contributed by atoms with E-state index in [0.717, 1.165) is 119 Å². The maximum Gasteiger partial charge on any atom is 1.00 e. The standard InChI is InChI=1S/C17H18N4O2.C17H16N4O2.C15H12N4O.C15H14N4.C12H9BrN4.C5H8O2.C2H5O.Al.Li.Na.4H/c2*1-2-23-17(22)4-3-13-10-20-16(9-14(13)18)21-8-6-12-5-7-19-11-15(12)21;20-15-2-1-11-8-17-14(7-12(11)18-15)19-6-4-10-3-5-16-9-13(10)19;1-2-12-9-18-15(8-13(12)17-5-1)19-7-4-11-3-6-16-10-14(11)19;13-9-6-16-12(5-10(9)14)17-4-2-8-1-3-15-7-11(8)17;1-3-5(6)7-4-2;1-2-3;;;;;;;/h5-11H,2-4H2,1H3,(H2,18,20);3-11H,2H2,1H3,(H2,18,20);3-9H,1-2H2,(H,18,20);3-4,6-10,17H,1-2,5H2;1-7H,(H2,14,16);3H,1,4H2,2H3;2H2,1H3;;;;;;;/q;;;;;;-1;;2*+1;;;;-1/b;4-3+;;;;;;;;;;;;. The summed E-state index contributed by atoms with van der Waals surface area (Å²) in [6.45, 7) is 12.3. The van der Waals surface area contributed by atoms with Crippen LogP contribution in [0.5, 0.6) is 0 Å². The Morgan fingerprint density at radius 3 is 1.33 bits per heavy atom. The van der Waals surface area contributed by atoms with Crippen LogP contribution in [0.15, 0.2) is 238 Å². The van der Waals surface area contributed by atoms with Gasteiger partial charge in [0.05, 0.1) is 88.5 Å². The Kier molecular flexibility index (Phi) is 34.1. The molecule has 0 spiro atoms. The van der Waals surface area contributed by atoms with E-state index < -0.39 is 5.97 Å². The van der Waals surface area contributed by atoms with Gasteiger partial charge < -0.3 is 48.6 Å². The third-order valence-corrected chi connectivity index (χ3v) is 18.0. The largest absolute Gasteiger partial charge is 1.00 e. The third-order valence-electron chi connectivity index (χ3n) is 17.4. The van der Waals surface area contributed by atoms with Gasteiger partial charge in [-0.3, -0.25) is 57.3 Å². The number of pyridine rings is 10. The first kappa shape index (κ1) is 88.9. The molecule has 0 fully saturated rings. The molecule has 115 heavy (non-hydrogen) atoms. The first-order chi connectivity index (χ1) is 54.6. The fraction of sp³-hybridized carbons (Fsp3) is 0.181. The zero-order chi connectivity index (χ0) is 78.9. The van der Waals surface area contributed by atoms with E-state index in [-0.39, 0.29) is 91.7 Å². The van der Waals surface area contributed by atoms with Crippen LogP contribution >= 0.6 is 15.9 Å². The molecule has 0 atom stereocenters. The molecule has 32 heteroatoms. The Bertz CT molecular complexity index is 5840. The number of nitrogens with one attached hydrogen (secondary N) is 2. The molecule has 0 aromatic carbocycles. The quantitative estimate of drug-likeness (QED) is 0.0362. The molecule has 0 saturated carbocycles. The van der Waals surface area contributed by atoms with Crippen molar-refractivity contribution in [1.29, 1.82) is 0 Å². The van der Waals surface area contributed by atoms with Gasteiger partial charge >= 0.3 is 66.3 Å². The van der Waals surface area contributed by atoms with E-state index >= 15 is 0 Å². The van der Waals surface area contributed by atoms with Crippen LogP contribution in [0.3, 0.4) is 0 Å². The summed E-state index contributed by atoms with van der Waals surface area (Å²) in [4.78, 5) is 87.4. The van der Waals surface area contributed by atoms with E-state index in [1.54, 1.807) is 95.6 Å². The summed E-state index contributed by atoms with van der Waals surface area (Å²) in [5.41, 5.74) is 30.8. The van der Waals surface area contributed by atoms with E-state index in [1.807, 2.05) is 159 Å². The summed E-state index contributed by atoms with van der Waals surface area (Å²) >= 11 is 3.33. The number of aromatic nitrogens is 15. The number of aryl methyl sites for hydroxylation is 3. The summed E-state index contributed by atoms with van der Waals surface area (Å²) < 4.78 is 24.9. The summed E-state index contributed by atoms with van der Waals surface area (Å²) in [5.74, 6) is 3.01. The zero-order valence-electron chi connectivity index (χ0n) is 65.0. The average Bonchev–Trinajstić information content (AvgIpc) is 1.62. The van der Waals surface area contributed by atoms with Crippen molar-refractivity contribution in [2.45, 2.75) is 66.2 Å². The Morgan fingerprint density at radius 1 is 0.522 bits per heavy atom. The number of carbonyl (C=O) groups is 4. The number of nitrogens with zero attached hydrogens (tertiary/aromatic N) is 15. The number of rotatable bonds is 14. The summed E-state index contributed by atoms with van der Waals surface area (Å²) in [6, 6.07) is 29.4. The monoisotopic (exact) mass is 1630 g/mol. The molecule has 2 aliphatic heterocycles. The first-order valence-corrected chi connectivity index (χ1v) is 36.8. The van der Waals surface area contributed by atoms with E-state index in [1.165, 1.54) is 29.1 Å². The molecule has 0 radical (unpaired) electrons. The second kappa shape index (κ2) is 44.1. The number of hydrogen-bond donors (Lipinski definition) is 5. The third kappa shape index (κ3) is 23.3. The van der Waals surface area contributed by atoms with Crippen LogP contribution in [0.4, 0.5) is 28.4 Å². The molecule has 17 heterocycles. The van der Waals surface area contributed by atoms with Crippen LogP contribution in [-0.2, 0) is 52.7 Å². The van der Waals surface area contributed by atoms with Gasteiger partial charge in [0.15, 0.2) is 17.4 Å². The molecule has 15 aromatic heterocycles. The fourth-order valence-corrected chi connectivity index (χ4v) is 12.1. The molecule has 28 nitrogen and oxygen atoms in total. The molecule has 0 aliphatic carbocycles. The van der Waals surface area contributed by atoms with Crippen LogP contribution < -0.4 is 81.4 Å². The molecule has 2 aliphatic rings. The normalized spacial score (nSPS) is 11.4. The van der Waals surface area contributed by atoms with Gasteiger partial charge in [0.2, 0.25) is 5.91 Å². The van der Waals surface area contributed by atoms with Gasteiger partial charge in [0.25, 0.3) is 0 Å². The summed E-state index contributed by atoms with van der Waals surface area (Å²) in [6.07, 6.45) is 45.1. The maximum absolute atomic E-state index is 11.5. The Labute approximate surface area is 718 Å². The van der Waals surface area contributed by atoms with Crippen molar-refractivity contribution in [3.8, 4) is 29.1 Å². The minimum atomic E-state index is -0.404. The molecular weight excluding hydrogens is 1540 g/mol. The fourth-order valence-electron chi connectivity index (χ4n) is 11.9. The second-order valence-electron chi connectivity index (χ2n) is 24.7. The molecule has 0 unspecified atom stereocenters. The number of hydrogen-bond acceptors (Lipinski definition) is 22. The van der Waals surface area contributed by atoms with Gasteiger partial charge in [-0.2, -0.15) is 0 Å². The zero-order valence-corrected chi connectivity index (χ0v) is 67.6. The minimum absolute atomic E-state index is 0. The topological polar surface area (TPSA) is 375 Å². The predicted octanol–water partition coefficient (Wildman–Crippen LogP) is 5.97. The van der Waals surface area contributed by atoms with Gasteiger partial charge in [-0.05, 0) is 146 Å². The van der Waals surface area contributed by atoms with Crippen molar-refractivity contribution in [3.63, 3.8) is 0 Å². The Morgan fingerprint density at radius 2 is 0.913 bits per heavy atom. The van der Waals surface area contributed by atoms with Crippen molar-refractivity contribution in [3.05, 3.63) is 260 Å². The number of halogens is 1. The van der Waals surface area contributed by atoms with Crippen LogP contribution in [0.25, 0.3) is 89.7 Å². The molecule has 0 bridgehead atoms. The molecule has 0 saturated heterocycles. The average molecular weight is 1630 g/mol. The summed E-state index contributed by atoms with van der Waals surface area (Å²) in [7, 11) is 0. The summed E-state index contributed by atoms with van der Waals surface area (Å²) in [5, 5.41) is 20.9. The van der Waals surface area contributed by atoms with E-state index in [0.29, 0.717) is 67.5 Å². The van der Waals surface area contributed by atoms with Gasteiger partial charge in [0, 0.05) is 210 Å². The van der Waals surface area contributed by atoms with Crippen LogP contribution in [-0.4, -0.2) is 147 Å². The van der Waals surface area contributed by atoms with E-state index in [9.17, 15) is 19.2 Å². The van der Waals surface area contributed by atoms with Crippen molar-refractivity contribution in [2.24, 2.45) is 0 Å². The van der Waals surface area contributed by atoms with Gasteiger partial charge in [-0.1, -0.05) is 13.5 Å². The number of nitrogens with two attached hydrogens (primary N) is 3. The Hall–Kier alpha value is -11.7. The molecule has 17 rings (SSSR count). The minimum Gasteiger partial charge on any atom is -1.00 e. The molecule has 1 amide bonds. The number of anilines is 5. The number of fused-ring (bicyclic) bond motifs is 7. The predicted molar refractivity (Wildman–Crippen MR) is 448 cm³/mol. The number of nitrogen functional groups attached to an aromatic ring is 3. The maximum atomic E-state index is 11.5. The second-order valence-corrected chi connectivity index (χ2v) is 25.5. The van der Waals surface area contributed by atoms with Gasteiger partial charge in [-0.25, -0.2) is 34.5 Å². The van der Waals surface area contributed by atoms with Gasteiger partial charge in [0.1, 0.15) is 29.1 Å².